The van der Waals surface area contributed by atoms with Gasteiger partial charge in [0.15, 0.2) is 0 Å². The lowest BCUT2D eigenvalue weighted by Gasteiger charge is -2.18. The zero-order valence-corrected chi connectivity index (χ0v) is 17.2. The first kappa shape index (κ1) is 21.4. The summed E-state index contributed by atoms with van der Waals surface area (Å²) < 4.78 is 58.7. The predicted octanol–water partition coefficient (Wildman–Crippen LogP) is 2.20. The Morgan fingerprint density at radius 1 is 0.852 bits per heavy atom. The second-order valence-corrected chi connectivity index (χ2v) is 9.44. The summed E-state index contributed by atoms with van der Waals surface area (Å²) in [6, 6.07) is 12.2. The number of nitrogens with one attached hydrogen (secondary N) is 1. The normalized spacial score (nSPS) is 12.3. The van der Waals surface area contributed by atoms with Crippen molar-refractivity contribution in [2.45, 2.75) is 30.2 Å². The molecule has 0 spiro atoms. The Labute approximate surface area is 161 Å². The van der Waals surface area contributed by atoms with Crippen LogP contribution in [0.25, 0.3) is 0 Å². The second-order valence-electron chi connectivity index (χ2n) is 5.73. The molecule has 0 amide bonds. The maximum absolute atomic E-state index is 12.5. The zero-order valence-electron chi connectivity index (χ0n) is 15.5. The average molecular weight is 413 g/mol. The molecule has 7 nitrogen and oxygen atoms in total. The molecule has 0 aromatic heterocycles. The molecule has 2 aromatic carbocycles. The minimum atomic E-state index is -3.76. The van der Waals surface area contributed by atoms with Crippen molar-refractivity contribution in [1.82, 2.24) is 9.03 Å². The quantitative estimate of drug-likeness (QED) is 0.682. The molecular weight excluding hydrogens is 388 g/mol. The van der Waals surface area contributed by atoms with Crippen molar-refractivity contribution in [1.29, 1.82) is 0 Å². The van der Waals surface area contributed by atoms with Crippen molar-refractivity contribution in [3.8, 4) is 5.75 Å². The fourth-order valence-electron chi connectivity index (χ4n) is 2.51. The van der Waals surface area contributed by atoms with E-state index in [1.54, 1.807) is 45.2 Å². The van der Waals surface area contributed by atoms with E-state index in [9.17, 15) is 16.8 Å². The summed E-state index contributed by atoms with van der Waals surface area (Å²) in [5.41, 5.74) is 0.778. The largest absolute Gasteiger partial charge is 0.497 e. The molecule has 0 heterocycles. The molecule has 0 aliphatic carbocycles. The van der Waals surface area contributed by atoms with E-state index in [4.69, 9.17) is 4.74 Å². The first-order chi connectivity index (χ1) is 12.7. The molecule has 0 aliphatic heterocycles. The first-order valence-corrected chi connectivity index (χ1v) is 11.4. The zero-order chi connectivity index (χ0) is 20.1. The van der Waals surface area contributed by atoms with Gasteiger partial charge in [-0.3, -0.25) is 0 Å². The third kappa shape index (κ3) is 5.07. The maximum atomic E-state index is 12.5. The highest BCUT2D eigenvalue weighted by Gasteiger charge is 2.22. The third-order valence-electron chi connectivity index (χ3n) is 4.10. The molecule has 27 heavy (non-hydrogen) atoms. The molecule has 0 saturated heterocycles. The van der Waals surface area contributed by atoms with Crippen LogP contribution < -0.4 is 9.46 Å². The van der Waals surface area contributed by atoms with E-state index in [2.05, 4.69) is 4.72 Å². The highest BCUT2D eigenvalue weighted by Crippen LogP contribution is 2.19. The molecule has 148 valence electrons. The molecule has 0 unspecified atom stereocenters. The van der Waals surface area contributed by atoms with Gasteiger partial charge in [-0.25, -0.2) is 21.6 Å². The van der Waals surface area contributed by atoms with E-state index in [0.29, 0.717) is 18.8 Å². The van der Waals surface area contributed by atoms with Gasteiger partial charge in [0.1, 0.15) is 5.75 Å². The summed E-state index contributed by atoms with van der Waals surface area (Å²) in [7, 11) is -5.82. The molecule has 0 radical (unpaired) electrons. The number of methoxy groups -OCH3 is 1. The highest BCUT2D eigenvalue weighted by molar-refractivity contribution is 7.89. The van der Waals surface area contributed by atoms with Gasteiger partial charge < -0.3 is 4.74 Å². The van der Waals surface area contributed by atoms with Gasteiger partial charge >= 0.3 is 0 Å². The molecule has 2 aromatic rings. The number of ether oxygens (including phenoxy) is 1. The van der Waals surface area contributed by atoms with Crippen LogP contribution in [0.5, 0.6) is 5.75 Å². The molecule has 9 heteroatoms. The average Bonchev–Trinajstić information content (AvgIpc) is 2.67. The van der Waals surface area contributed by atoms with Crippen molar-refractivity contribution >= 4 is 20.0 Å². The lowest BCUT2D eigenvalue weighted by Crippen LogP contribution is -2.30. The van der Waals surface area contributed by atoms with E-state index in [1.807, 2.05) is 0 Å². The van der Waals surface area contributed by atoms with Crippen molar-refractivity contribution in [3.63, 3.8) is 0 Å². The Kier molecular flexibility index (Phi) is 6.99. The van der Waals surface area contributed by atoms with E-state index in [0.717, 1.165) is 5.56 Å². The fourth-order valence-corrected chi connectivity index (χ4v) is 4.98. The van der Waals surface area contributed by atoms with Crippen molar-refractivity contribution in [2.24, 2.45) is 0 Å². The Balaban J connectivity index is 2.14. The Morgan fingerprint density at radius 3 is 1.85 bits per heavy atom. The molecular formula is C18H24N2O5S2. The highest BCUT2D eigenvalue weighted by atomic mass is 32.2. The number of benzene rings is 2. The summed E-state index contributed by atoms with van der Waals surface area (Å²) in [5, 5.41) is 0. The molecule has 0 fully saturated rings. The molecule has 0 saturated carbocycles. The summed E-state index contributed by atoms with van der Waals surface area (Å²) in [6.45, 7) is 4.32. The van der Waals surface area contributed by atoms with Crippen molar-refractivity contribution < 1.29 is 21.6 Å². The monoisotopic (exact) mass is 412 g/mol. The van der Waals surface area contributed by atoms with Crippen LogP contribution >= 0.6 is 0 Å². The summed E-state index contributed by atoms with van der Waals surface area (Å²) in [6.07, 6.45) is 0. The lowest BCUT2D eigenvalue weighted by atomic mass is 10.2. The number of hydrogen-bond donors (Lipinski definition) is 1. The van der Waals surface area contributed by atoms with E-state index < -0.39 is 20.0 Å². The van der Waals surface area contributed by atoms with Crippen LogP contribution in [0.3, 0.4) is 0 Å². The summed E-state index contributed by atoms with van der Waals surface area (Å²) >= 11 is 0. The predicted molar refractivity (Wildman–Crippen MR) is 104 cm³/mol. The lowest BCUT2D eigenvalue weighted by molar-refractivity contribution is 0.414. The van der Waals surface area contributed by atoms with Gasteiger partial charge in [0, 0.05) is 19.6 Å². The van der Waals surface area contributed by atoms with Gasteiger partial charge in [-0.15, -0.1) is 0 Å². The van der Waals surface area contributed by atoms with E-state index in [-0.39, 0.29) is 16.3 Å². The number of rotatable bonds is 9. The van der Waals surface area contributed by atoms with Crippen LogP contribution in [-0.2, 0) is 26.6 Å². The first-order valence-electron chi connectivity index (χ1n) is 8.47. The summed E-state index contributed by atoms with van der Waals surface area (Å²) in [4.78, 5) is 0.0785. The van der Waals surface area contributed by atoms with Gasteiger partial charge in [-0.2, -0.15) is 4.31 Å². The van der Waals surface area contributed by atoms with Crippen LogP contribution in [-0.4, -0.2) is 41.3 Å². The Bertz CT molecular complexity index is 950. The van der Waals surface area contributed by atoms with E-state index in [1.165, 1.54) is 28.6 Å². The van der Waals surface area contributed by atoms with Crippen molar-refractivity contribution in [2.75, 3.05) is 20.2 Å². The summed E-state index contributed by atoms with van der Waals surface area (Å²) in [5.74, 6) is 0.687. The minimum absolute atomic E-state index is 0.00880. The SMILES string of the molecule is CCN(CC)S(=O)(=O)c1ccc(S(=O)(=O)NCc2ccc(OC)cc2)cc1. The van der Waals surface area contributed by atoms with Gasteiger partial charge in [0.2, 0.25) is 20.0 Å². The minimum Gasteiger partial charge on any atom is -0.497 e. The fraction of sp³-hybridized carbons (Fsp3) is 0.333. The number of hydrogen-bond acceptors (Lipinski definition) is 5. The van der Waals surface area contributed by atoms with Crippen LogP contribution in [0.2, 0.25) is 0 Å². The van der Waals surface area contributed by atoms with Gasteiger partial charge in [-0.05, 0) is 42.0 Å². The van der Waals surface area contributed by atoms with Crippen LogP contribution in [0, 0.1) is 0 Å². The molecule has 2 rings (SSSR count). The van der Waals surface area contributed by atoms with Crippen LogP contribution in [0.1, 0.15) is 19.4 Å². The number of nitrogens with zero attached hydrogens (tertiary/aromatic N) is 1. The maximum Gasteiger partial charge on any atom is 0.243 e. The van der Waals surface area contributed by atoms with Gasteiger partial charge in [-0.1, -0.05) is 26.0 Å². The van der Waals surface area contributed by atoms with Crippen molar-refractivity contribution in [3.05, 3.63) is 54.1 Å². The molecule has 1 N–H and O–H groups in total. The van der Waals surface area contributed by atoms with Gasteiger partial charge in [0.25, 0.3) is 0 Å². The van der Waals surface area contributed by atoms with Crippen LogP contribution in [0.4, 0.5) is 0 Å². The Hall–Kier alpha value is -1.94. The smallest absolute Gasteiger partial charge is 0.243 e. The molecule has 0 aliphatic rings. The third-order valence-corrected chi connectivity index (χ3v) is 7.58. The van der Waals surface area contributed by atoms with Gasteiger partial charge in [0.05, 0.1) is 16.9 Å². The Morgan fingerprint density at radius 2 is 1.37 bits per heavy atom. The van der Waals surface area contributed by atoms with E-state index >= 15 is 0 Å². The molecule has 0 atom stereocenters. The number of sulfonamides is 2. The molecule has 0 bridgehead atoms. The van der Waals surface area contributed by atoms with Crippen LogP contribution in [0.15, 0.2) is 58.3 Å². The standard InChI is InChI=1S/C18H24N2O5S2/c1-4-20(5-2)27(23,24)18-12-10-17(11-13-18)26(21,22)19-14-15-6-8-16(25-3)9-7-15/h6-13,19H,4-5,14H2,1-3H3. The topological polar surface area (TPSA) is 92.8 Å². The second kappa shape index (κ2) is 8.83.